The normalized spacial score (nSPS) is 17.9. The zero-order valence-electron chi connectivity index (χ0n) is 22.3. The van der Waals surface area contributed by atoms with Crippen LogP contribution in [0.15, 0.2) is 53.3 Å². The third kappa shape index (κ3) is 6.42. The molecule has 1 aromatic heterocycles. The summed E-state index contributed by atoms with van der Waals surface area (Å²) in [6, 6.07) is 15.6. The van der Waals surface area contributed by atoms with E-state index < -0.39 is 12.6 Å². The number of aromatic nitrogens is 1. The number of fused-ring (bicyclic) bond motifs is 1. The largest absolute Gasteiger partial charge is 0.482 e. The van der Waals surface area contributed by atoms with Crippen molar-refractivity contribution in [2.75, 3.05) is 13.2 Å². The highest BCUT2D eigenvalue weighted by Crippen LogP contribution is 2.26. The molecule has 0 radical (unpaired) electrons. The van der Waals surface area contributed by atoms with Crippen LogP contribution in [-0.2, 0) is 11.3 Å². The molecule has 0 bridgehead atoms. The van der Waals surface area contributed by atoms with Crippen molar-refractivity contribution in [1.82, 2.24) is 9.47 Å². The number of carboxylic acid groups (broad SMARTS) is 1. The van der Waals surface area contributed by atoms with Gasteiger partial charge in [0.05, 0.1) is 5.52 Å². The Morgan fingerprint density at radius 3 is 2.50 bits per heavy atom. The van der Waals surface area contributed by atoms with E-state index >= 15 is 0 Å². The van der Waals surface area contributed by atoms with Gasteiger partial charge in [0.1, 0.15) is 11.6 Å². The third-order valence-corrected chi connectivity index (χ3v) is 7.59. The van der Waals surface area contributed by atoms with Crippen LogP contribution in [0.2, 0.25) is 0 Å². The van der Waals surface area contributed by atoms with E-state index in [0.717, 1.165) is 31.2 Å². The molecule has 1 saturated heterocycles. The zero-order valence-corrected chi connectivity index (χ0v) is 22.3. The number of carbonyl (C=O) groups is 1. The zero-order chi connectivity index (χ0) is 27.2. The van der Waals surface area contributed by atoms with Crippen LogP contribution in [0.25, 0.3) is 22.0 Å². The number of nitrogens with one attached hydrogen (secondary N) is 1. The first-order chi connectivity index (χ1) is 18.2. The number of nitrogens with zero attached hydrogens (tertiary/aromatic N) is 2. The number of ether oxygens (including phenoxy) is 1. The van der Waals surface area contributed by atoms with Gasteiger partial charge < -0.3 is 20.1 Å². The number of hydrogen-bond donors (Lipinski definition) is 3. The molecule has 8 heteroatoms. The van der Waals surface area contributed by atoms with Gasteiger partial charge in [-0.05, 0) is 81.3 Å². The van der Waals surface area contributed by atoms with E-state index in [4.69, 9.17) is 21.0 Å². The van der Waals surface area contributed by atoms with Gasteiger partial charge in [0, 0.05) is 35.8 Å². The molecule has 8 nitrogen and oxygen atoms in total. The summed E-state index contributed by atoms with van der Waals surface area (Å²) < 4.78 is 7.17. The lowest BCUT2D eigenvalue weighted by atomic mass is 9.97. The quantitative estimate of drug-likeness (QED) is 0.190. The predicted molar refractivity (Wildman–Crippen MR) is 151 cm³/mol. The highest BCUT2D eigenvalue weighted by Gasteiger charge is 2.23. The van der Waals surface area contributed by atoms with Crippen LogP contribution in [0, 0.1) is 5.41 Å². The van der Waals surface area contributed by atoms with Crippen molar-refractivity contribution in [3.63, 3.8) is 0 Å². The molecule has 0 aliphatic carbocycles. The maximum atomic E-state index is 13.8. The molecule has 1 aliphatic heterocycles. The second-order valence-corrected chi connectivity index (χ2v) is 10.3. The Hall–Kier alpha value is -3.65. The Labute approximate surface area is 223 Å². The molecule has 4 rings (SSSR count). The van der Waals surface area contributed by atoms with Crippen LogP contribution >= 0.6 is 0 Å². The minimum atomic E-state index is -1.06. The number of pyridine rings is 1. The fourth-order valence-corrected chi connectivity index (χ4v) is 5.53. The number of rotatable bonds is 11. The van der Waals surface area contributed by atoms with Crippen LogP contribution in [-0.4, -0.2) is 51.6 Å². The van der Waals surface area contributed by atoms with Gasteiger partial charge in [-0.15, -0.1) is 0 Å². The summed E-state index contributed by atoms with van der Waals surface area (Å²) in [6.45, 7) is 5.81. The lowest BCUT2D eigenvalue weighted by Gasteiger charge is -2.39. The number of aryl methyl sites for hydroxylation is 1. The highest BCUT2D eigenvalue weighted by molar-refractivity contribution is 5.96. The Balaban J connectivity index is 1.60. The molecule has 0 amide bonds. The summed E-state index contributed by atoms with van der Waals surface area (Å²) in [7, 11) is 0. The second kappa shape index (κ2) is 12.3. The lowest BCUT2D eigenvalue weighted by molar-refractivity contribution is -0.139. The maximum Gasteiger partial charge on any atom is 0.341 e. The molecule has 0 spiro atoms. The summed E-state index contributed by atoms with van der Waals surface area (Å²) >= 11 is 0. The fourth-order valence-electron chi connectivity index (χ4n) is 5.53. The summed E-state index contributed by atoms with van der Waals surface area (Å²) in [5, 5.41) is 17.6. The third-order valence-electron chi connectivity index (χ3n) is 7.59. The standard InChI is InChI=1S/C30H38N4O4/c1-20-8-6-9-21(2)33(20)14-4-3-5-15-34-27-18-25(38-19-28(35)36)13-12-23(27)17-26(30(34)37)22-10-7-11-24(16-22)29(31)32/h7,10-13,16-18,20-21H,3-6,8-9,14-15,19H2,1-2H3,(H3,31,32)(H,35,36)/t20-,21+. The smallest absolute Gasteiger partial charge is 0.341 e. The van der Waals surface area contributed by atoms with Crippen molar-refractivity contribution >= 4 is 22.7 Å². The van der Waals surface area contributed by atoms with Crippen LogP contribution in [0.4, 0.5) is 0 Å². The second-order valence-electron chi connectivity index (χ2n) is 10.3. The number of carboxylic acids is 1. The SMILES string of the molecule is C[C@@H]1CCC[C@H](C)N1CCCCCn1c(=O)c(-c2cccc(C(=N)N)c2)cc2ccc(OCC(=O)O)cc21. The summed E-state index contributed by atoms with van der Waals surface area (Å²) in [4.78, 5) is 27.4. The van der Waals surface area contributed by atoms with Gasteiger partial charge >= 0.3 is 5.97 Å². The Kier molecular flexibility index (Phi) is 8.84. The van der Waals surface area contributed by atoms with E-state index in [0.29, 0.717) is 46.6 Å². The van der Waals surface area contributed by atoms with E-state index in [1.54, 1.807) is 34.9 Å². The molecule has 1 fully saturated rings. The molecule has 2 atom stereocenters. The molecular weight excluding hydrogens is 480 g/mol. The topological polar surface area (TPSA) is 122 Å². The monoisotopic (exact) mass is 518 g/mol. The van der Waals surface area contributed by atoms with Gasteiger partial charge in [-0.3, -0.25) is 15.1 Å². The molecule has 2 heterocycles. The van der Waals surface area contributed by atoms with Crippen molar-refractivity contribution in [3.05, 3.63) is 64.4 Å². The first-order valence-electron chi connectivity index (χ1n) is 13.5. The van der Waals surface area contributed by atoms with E-state index in [2.05, 4.69) is 18.7 Å². The number of unbranched alkanes of at least 4 members (excludes halogenated alkanes) is 2. The average molecular weight is 519 g/mol. The molecule has 1 aliphatic rings. The molecule has 3 aromatic rings. The van der Waals surface area contributed by atoms with Crippen molar-refractivity contribution in [2.45, 2.75) is 71.0 Å². The number of nitrogens with two attached hydrogens (primary N) is 1. The molecule has 0 saturated carbocycles. The Morgan fingerprint density at radius 1 is 1.05 bits per heavy atom. The van der Waals surface area contributed by atoms with Gasteiger partial charge in [-0.25, -0.2) is 4.79 Å². The predicted octanol–water partition coefficient (Wildman–Crippen LogP) is 4.85. The number of piperidine rings is 1. The number of aliphatic carboxylic acids is 1. The van der Waals surface area contributed by atoms with Crippen LogP contribution in [0.5, 0.6) is 5.75 Å². The van der Waals surface area contributed by atoms with Crippen LogP contribution in [0.1, 0.15) is 57.9 Å². The van der Waals surface area contributed by atoms with Crippen molar-refractivity contribution in [1.29, 1.82) is 5.41 Å². The summed E-state index contributed by atoms with van der Waals surface area (Å²) in [6.07, 6.45) is 6.75. The van der Waals surface area contributed by atoms with Gasteiger partial charge in [0.15, 0.2) is 6.61 Å². The molecule has 0 unspecified atom stereocenters. The van der Waals surface area contributed by atoms with E-state index in [-0.39, 0.29) is 11.4 Å². The first-order valence-corrected chi connectivity index (χ1v) is 13.5. The molecular formula is C30H38N4O4. The molecule has 202 valence electrons. The summed E-state index contributed by atoms with van der Waals surface area (Å²) in [5.41, 5.74) is 8.08. The average Bonchev–Trinajstić information content (AvgIpc) is 2.89. The van der Waals surface area contributed by atoms with Gasteiger partial charge in [0.25, 0.3) is 5.56 Å². The van der Waals surface area contributed by atoms with Gasteiger partial charge in [0.2, 0.25) is 0 Å². The highest BCUT2D eigenvalue weighted by atomic mass is 16.5. The minimum Gasteiger partial charge on any atom is -0.482 e. The van der Waals surface area contributed by atoms with Crippen molar-refractivity contribution in [2.24, 2.45) is 5.73 Å². The van der Waals surface area contributed by atoms with Gasteiger partial charge in [-0.1, -0.05) is 31.0 Å². The fraction of sp³-hybridized carbons (Fsp3) is 0.433. The van der Waals surface area contributed by atoms with E-state index in [1.807, 2.05) is 18.2 Å². The van der Waals surface area contributed by atoms with Crippen molar-refractivity contribution < 1.29 is 14.6 Å². The lowest BCUT2D eigenvalue weighted by Crippen LogP contribution is -2.44. The number of benzene rings is 2. The molecule has 38 heavy (non-hydrogen) atoms. The van der Waals surface area contributed by atoms with Gasteiger partial charge in [-0.2, -0.15) is 0 Å². The number of nitrogen functional groups attached to an aromatic ring is 1. The summed E-state index contributed by atoms with van der Waals surface area (Å²) in [5.74, 6) is -0.696. The first kappa shape index (κ1) is 27.4. The number of likely N-dealkylation sites (tertiary alicyclic amines) is 1. The minimum absolute atomic E-state index is 0.0504. The van der Waals surface area contributed by atoms with Crippen LogP contribution in [0.3, 0.4) is 0 Å². The Morgan fingerprint density at radius 2 is 1.79 bits per heavy atom. The van der Waals surface area contributed by atoms with E-state index in [9.17, 15) is 9.59 Å². The van der Waals surface area contributed by atoms with E-state index in [1.165, 1.54) is 19.3 Å². The molecule has 2 aromatic carbocycles. The number of hydrogen-bond acceptors (Lipinski definition) is 5. The Bertz CT molecular complexity index is 1360. The van der Waals surface area contributed by atoms with Crippen LogP contribution < -0.4 is 16.0 Å². The maximum absolute atomic E-state index is 13.8. The molecule has 4 N–H and O–H groups in total. The van der Waals surface area contributed by atoms with Crippen molar-refractivity contribution in [3.8, 4) is 16.9 Å². The number of amidine groups is 1.